The van der Waals surface area contributed by atoms with Gasteiger partial charge in [-0.25, -0.2) is 12.7 Å². The third kappa shape index (κ3) is 4.40. The van der Waals surface area contributed by atoms with Crippen LogP contribution >= 0.6 is 12.4 Å². The van der Waals surface area contributed by atoms with Crippen LogP contribution in [-0.4, -0.2) is 72.8 Å². The highest BCUT2D eigenvalue weighted by Crippen LogP contribution is 2.40. The highest BCUT2D eigenvalue weighted by Gasteiger charge is 2.53. The summed E-state index contributed by atoms with van der Waals surface area (Å²) in [6, 6.07) is -0.439. The Bertz CT molecular complexity index is 661. The fourth-order valence-electron chi connectivity index (χ4n) is 3.77. The van der Waals surface area contributed by atoms with Crippen LogP contribution in [0, 0.1) is 5.92 Å². The van der Waals surface area contributed by atoms with Crippen LogP contribution in [0.1, 0.15) is 40.0 Å². The highest BCUT2D eigenvalue weighted by molar-refractivity contribution is 7.89. The van der Waals surface area contributed by atoms with Crippen LogP contribution in [0.15, 0.2) is 11.8 Å². The summed E-state index contributed by atoms with van der Waals surface area (Å²) in [6.07, 6.45) is 4.48. The van der Waals surface area contributed by atoms with Crippen molar-refractivity contribution in [3.05, 3.63) is 11.8 Å². The predicted molar refractivity (Wildman–Crippen MR) is 103 cm³/mol. The van der Waals surface area contributed by atoms with Gasteiger partial charge in [-0.05, 0) is 25.6 Å². The van der Waals surface area contributed by atoms with Crippen molar-refractivity contribution in [1.82, 2.24) is 14.1 Å². The average molecular weight is 408 g/mol. The molecule has 0 saturated carbocycles. The summed E-state index contributed by atoms with van der Waals surface area (Å²) >= 11 is 0. The number of carbonyl (C=O) groups excluding carboxylic acids is 2. The molecule has 0 unspecified atom stereocenters. The maximum absolute atomic E-state index is 12.7. The third-order valence-electron chi connectivity index (χ3n) is 5.06. The van der Waals surface area contributed by atoms with E-state index in [9.17, 15) is 18.0 Å². The molecular weight excluding hydrogens is 378 g/mol. The van der Waals surface area contributed by atoms with E-state index in [1.165, 1.54) is 0 Å². The van der Waals surface area contributed by atoms with Gasteiger partial charge < -0.3 is 9.80 Å². The quantitative estimate of drug-likeness (QED) is 0.608. The molecule has 0 N–H and O–H groups in total. The zero-order chi connectivity index (χ0) is 18.8. The highest BCUT2D eigenvalue weighted by atomic mass is 35.5. The van der Waals surface area contributed by atoms with Gasteiger partial charge in [0.2, 0.25) is 21.8 Å². The van der Waals surface area contributed by atoms with E-state index in [4.69, 9.17) is 0 Å². The molecule has 2 aliphatic heterocycles. The molecule has 26 heavy (non-hydrogen) atoms. The molecule has 0 aromatic rings. The Morgan fingerprint density at radius 3 is 2.38 bits per heavy atom. The van der Waals surface area contributed by atoms with Crippen molar-refractivity contribution in [2.45, 2.75) is 46.1 Å². The Morgan fingerprint density at radius 1 is 1.27 bits per heavy atom. The zero-order valence-electron chi connectivity index (χ0n) is 16.0. The van der Waals surface area contributed by atoms with E-state index in [0.29, 0.717) is 31.6 Å². The number of nitrogens with zero attached hydrogens (tertiary/aromatic N) is 3. The van der Waals surface area contributed by atoms with E-state index in [0.717, 1.165) is 30.1 Å². The van der Waals surface area contributed by atoms with E-state index in [1.807, 2.05) is 6.92 Å². The van der Waals surface area contributed by atoms with Crippen LogP contribution in [0.25, 0.3) is 0 Å². The van der Waals surface area contributed by atoms with Crippen molar-refractivity contribution >= 4 is 34.2 Å². The third-order valence-corrected chi connectivity index (χ3v) is 6.11. The van der Waals surface area contributed by atoms with E-state index in [1.54, 1.807) is 11.0 Å². The molecule has 0 radical (unpaired) electrons. The van der Waals surface area contributed by atoms with Gasteiger partial charge in [0.1, 0.15) is 0 Å². The summed E-state index contributed by atoms with van der Waals surface area (Å²) in [5, 5.41) is 0. The average Bonchev–Trinajstić information content (AvgIpc) is 3.06. The number of fused-ring (bicyclic) bond motifs is 1. The molecule has 7 nitrogen and oxygen atoms in total. The number of rotatable bonds is 8. The molecule has 1 fully saturated rings. The minimum Gasteiger partial charge on any atom is -0.329 e. The normalized spacial score (nSPS) is 22.5. The van der Waals surface area contributed by atoms with Crippen LogP contribution in [-0.2, 0) is 19.6 Å². The second-order valence-electron chi connectivity index (χ2n) is 6.66. The minimum absolute atomic E-state index is 0. The van der Waals surface area contributed by atoms with Crippen molar-refractivity contribution in [2.75, 3.05) is 32.4 Å². The van der Waals surface area contributed by atoms with Gasteiger partial charge in [0.05, 0.1) is 23.9 Å². The Labute approximate surface area is 162 Å². The number of sulfonamides is 1. The zero-order valence-corrected chi connectivity index (χ0v) is 17.6. The van der Waals surface area contributed by atoms with Gasteiger partial charge in [0.25, 0.3) is 0 Å². The van der Waals surface area contributed by atoms with Crippen LogP contribution in [0.3, 0.4) is 0 Å². The summed E-state index contributed by atoms with van der Waals surface area (Å²) in [5.41, 5.74) is 0.460. The molecule has 0 aliphatic carbocycles. The van der Waals surface area contributed by atoms with Crippen molar-refractivity contribution < 1.29 is 18.0 Å². The molecule has 2 heterocycles. The van der Waals surface area contributed by atoms with Gasteiger partial charge in [-0.3, -0.25) is 9.59 Å². The lowest BCUT2D eigenvalue weighted by atomic mass is 9.96. The molecule has 2 amide bonds. The molecule has 1 saturated heterocycles. The first-order valence-corrected chi connectivity index (χ1v) is 10.9. The van der Waals surface area contributed by atoms with Gasteiger partial charge in [-0.2, -0.15) is 0 Å². The van der Waals surface area contributed by atoms with Crippen LogP contribution in [0.2, 0.25) is 0 Å². The molecular formula is C17H30ClN3O4S. The number of amides is 2. The van der Waals surface area contributed by atoms with E-state index < -0.39 is 27.9 Å². The Morgan fingerprint density at radius 2 is 1.88 bits per heavy atom. The summed E-state index contributed by atoms with van der Waals surface area (Å²) in [4.78, 5) is 29.2. The first-order chi connectivity index (χ1) is 11.8. The molecule has 0 bridgehead atoms. The summed E-state index contributed by atoms with van der Waals surface area (Å²) in [6.45, 7) is 8.89. The van der Waals surface area contributed by atoms with Crippen molar-refractivity contribution in [2.24, 2.45) is 5.92 Å². The maximum Gasteiger partial charge on any atom is 0.246 e. The summed E-state index contributed by atoms with van der Waals surface area (Å²) < 4.78 is 25.0. The molecule has 2 rings (SSSR count). The summed E-state index contributed by atoms with van der Waals surface area (Å²) in [5.74, 6) is -0.889. The van der Waals surface area contributed by atoms with Gasteiger partial charge in [0.15, 0.2) is 0 Å². The van der Waals surface area contributed by atoms with Gasteiger partial charge in [-0.1, -0.05) is 27.2 Å². The Balaban J connectivity index is 0.00000338. The summed E-state index contributed by atoms with van der Waals surface area (Å²) in [7, 11) is -3.67. The maximum atomic E-state index is 12.7. The first kappa shape index (κ1) is 22.9. The lowest BCUT2D eigenvalue weighted by Gasteiger charge is -2.28. The lowest BCUT2D eigenvalue weighted by Crippen LogP contribution is -2.42. The van der Waals surface area contributed by atoms with Gasteiger partial charge in [-0.15, -0.1) is 12.4 Å². The van der Waals surface area contributed by atoms with Gasteiger partial charge >= 0.3 is 0 Å². The lowest BCUT2D eigenvalue weighted by molar-refractivity contribution is -0.134. The van der Waals surface area contributed by atoms with Crippen LogP contribution < -0.4 is 0 Å². The predicted octanol–water partition coefficient (Wildman–Crippen LogP) is 1.45. The Hall–Kier alpha value is -1.12. The smallest absolute Gasteiger partial charge is 0.246 e. The van der Waals surface area contributed by atoms with E-state index >= 15 is 0 Å². The molecule has 0 aromatic heterocycles. The van der Waals surface area contributed by atoms with Crippen molar-refractivity contribution in [3.8, 4) is 0 Å². The number of halogens is 1. The fraction of sp³-hybridized carbons (Fsp3) is 0.765. The molecule has 2 atom stereocenters. The van der Waals surface area contributed by atoms with Gasteiger partial charge in [0, 0.05) is 19.5 Å². The molecule has 0 aromatic carbocycles. The SMILES string of the molecule is CCC[C@H]1C(=O)N(S(C)(=O)=O)C2=CCN(C(=O)CCN(CC)CC)[C@@H]21.Cl. The Kier molecular flexibility index (Phi) is 8.10. The second-order valence-corrected chi connectivity index (χ2v) is 8.49. The number of hydrogen-bond acceptors (Lipinski definition) is 5. The van der Waals surface area contributed by atoms with Crippen LogP contribution in [0.5, 0.6) is 0 Å². The van der Waals surface area contributed by atoms with Crippen molar-refractivity contribution in [3.63, 3.8) is 0 Å². The first-order valence-electron chi connectivity index (χ1n) is 9.02. The molecule has 0 spiro atoms. The number of carbonyl (C=O) groups is 2. The number of hydrogen-bond donors (Lipinski definition) is 0. The monoisotopic (exact) mass is 407 g/mol. The minimum atomic E-state index is -3.67. The van der Waals surface area contributed by atoms with E-state index in [2.05, 4.69) is 18.7 Å². The standard InChI is InChI=1S/C17H29N3O4S.ClH/c1-5-8-13-16-14(20(17(13)22)25(4,23)24)9-12-19(16)15(21)10-11-18(6-2)7-3;/h9,13,16H,5-8,10-12H2,1-4H3;1H/t13-,16-;/m1./s1. The van der Waals surface area contributed by atoms with E-state index in [-0.39, 0.29) is 18.3 Å². The largest absolute Gasteiger partial charge is 0.329 e. The molecule has 150 valence electrons. The van der Waals surface area contributed by atoms with Crippen molar-refractivity contribution in [1.29, 1.82) is 0 Å². The van der Waals surface area contributed by atoms with Crippen LogP contribution in [0.4, 0.5) is 0 Å². The topological polar surface area (TPSA) is 78.0 Å². The second kappa shape index (κ2) is 9.19. The fourth-order valence-corrected chi connectivity index (χ4v) is 4.79. The molecule has 2 aliphatic rings. The molecule has 9 heteroatoms.